The standard InChI is InChI=1S/C68H64O6P2/c1-65(2,3)45-37-51(63(53(39-45)67(7,8)9)73-75-69-55-33-29-41-21-13-17-25-47(41)59(55)60-48-26-18-14-22-42(48)30-34-56(60)70-75)52-38-46(66(4,5)6)40-54(68(10,11)12)64(52)74-76-71-57-35-31-43-23-15-19-27-49(43)61(57)62-50-28-20-16-24-44(50)32-36-58(62)72-76/h13-40H,1-12H3. The molecule has 0 radical (unpaired) electrons. The van der Waals surface area contributed by atoms with Crippen LogP contribution in [-0.4, -0.2) is 0 Å². The van der Waals surface area contributed by atoms with Crippen molar-refractivity contribution in [3.05, 3.63) is 192 Å². The summed E-state index contributed by atoms with van der Waals surface area (Å²) in [6.45, 7) is 27.1. The number of fused-ring (bicyclic) bond motifs is 14. The van der Waals surface area contributed by atoms with Crippen LogP contribution in [0.25, 0.3) is 98.1 Å². The second-order valence-electron chi connectivity index (χ2n) is 24.4. The molecule has 10 aromatic carbocycles. The molecule has 6 nitrogen and oxygen atoms in total. The third-order valence-electron chi connectivity index (χ3n) is 14.9. The molecule has 0 saturated carbocycles. The molecule has 0 N–H and O–H groups in total. The second-order valence-corrected chi connectivity index (χ2v) is 26.4. The number of benzene rings is 10. The van der Waals surface area contributed by atoms with Gasteiger partial charge in [-0.3, -0.25) is 0 Å². The quantitative estimate of drug-likeness (QED) is 0.171. The van der Waals surface area contributed by atoms with E-state index in [1.54, 1.807) is 0 Å². The van der Waals surface area contributed by atoms with Crippen LogP contribution in [0.3, 0.4) is 0 Å². The van der Waals surface area contributed by atoms with Crippen molar-refractivity contribution < 1.29 is 25.8 Å². The molecule has 12 aromatic rings. The monoisotopic (exact) mass is 1040 g/mol. The van der Waals surface area contributed by atoms with Crippen LogP contribution >= 0.6 is 16.5 Å². The lowest BCUT2D eigenvalue weighted by Gasteiger charge is -2.31. The van der Waals surface area contributed by atoms with Crippen molar-refractivity contribution >= 4 is 103 Å². The maximum atomic E-state index is 7.58. The fourth-order valence-electron chi connectivity index (χ4n) is 10.8. The topological polar surface area (TPSA) is 71.0 Å². The van der Waals surface area contributed by atoms with Crippen LogP contribution in [0.2, 0.25) is 0 Å². The van der Waals surface area contributed by atoms with E-state index >= 15 is 0 Å². The Morgan fingerprint density at radius 1 is 0.303 bits per heavy atom. The molecule has 8 heteroatoms. The first-order chi connectivity index (χ1) is 36.2. The minimum Gasteiger partial charge on any atom is -0.390 e. The third-order valence-corrected chi connectivity index (χ3v) is 16.9. The molecule has 0 fully saturated rings. The van der Waals surface area contributed by atoms with Gasteiger partial charge >= 0.3 is 16.5 Å². The van der Waals surface area contributed by atoms with E-state index in [4.69, 9.17) is 25.8 Å². The van der Waals surface area contributed by atoms with Gasteiger partial charge in [0.25, 0.3) is 0 Å². The Balaban J connectivity index is 1.18. The van der Waals surface area contributed by atoms with Crippen molar-refractivity contribution in [3.8, 4) is 22.6 Å². The minimum absolute atomic E-state index is 0.250. The molecule has 382 valence electrons. The zero-order valence-electron chi connectivity index (χ0n) is 45.5. The van der Waals surface area contributed by atoms with Crippen LogP contribution in [0.1, 0.15) is 105 Å². The van der Waals surface area contributed by atoms with Gasteiger partial charge in [-0.2, -0.15) is 0 Å². The van der Waals surface area contributed by atoms with E-state index in [0.29, 0.717) is 33.8 Å². The highest BCUT2D eigenvalue weighted by Crippen LogP contribution is 2.54. The molecule has 0 spiro atoms. The Kier molecular flexibility index (Phi) is 11.8. The van der Waals surface area contributed by atoms with Gasteiger partial charge in [0.1, 0.15) is 33.8 Å². The maximum absolute atomic E-state index is 7.58. The zero-order valence-corrected chi connectivity index (χ0v) is 47.3. The maximum Gasteiger partial charge on any atom is 0.453 e. The lowest BCUT2D eigenvalue weighted by Crippen LogP contribution is -2.19. The predicted octanol–water partition coefficient (Wildman–Crippen LogP) is 22.0. The summed E-state index contributed by atoms with van der Waals surface area (Å²) in [5.74, 6) is 1.33. The molecule has 12 rings (SSSR count). The van der Waals surface area contributed by atoms with Gasteiger partial charge in [0, 0.05) is 43.8 Å². The predicted molar refractivity (Wildman–Crippen MR) is 321 cm³/mol. The Labute approximate surface area is 446 Å². The number of hydrogen-bond donors (Lipinski definition) is 0. The number of rotatable bonds is 5. The molecular weight excluding hydrogens is 975 g/mol. The molecule has 0 aliphatic carbocycles. The summed E-state index contributed by atoms with van der Waals surface area (Å²) in [7, 11) is -4.26. The largest absolute Gasteiger partial charge is 0.453 e. The molecule has 0 unspecified atom stereocenters. The highest BCUT2D eigenvalue weighted by molar-refractivity contribution is 7.32. The molecule has 0 aliphatic heterocycles. The van der Waals surface area contributed by atoms with E-state index in [1.807, 2.05) is 0 Å². The summed E-state index contributed by atoms with van der Waals surface area (Å²) in [5, 5.41) is 12.7. The summed E-state index contributed by atoms with van der Waals surface area (Å²) in [5.41, 5.74) is 7.57. The van der Waals surface area contributed by atoms with Gasteiger partial charge in [-0.25, -0.2) is 0 Å². The van der Waals surface area contributed by atoms with Gasteiger partial charge in [0.15, 0.2) is 0 Å². The lowest BCUT2D eigenvalue weighted by molar-refractivity contribution is 0.471. The fraction of sp³-hybridized carbons (Fsp3) is 0.235. The zero-order chi connectivity index (χ0) is 53.1. The first kappa shape index (κ1) is 49.5. The summed E-state index contributed by atoms with van der Waals surface area (Å²) >= 11 is 0. The summed E-state index contributed by atoms with van der Waals surface area (Å²) < 4.78 is 43.8. The minimum atomic E-state index is -2.13. The van der Waals surface area contributed by atoms with E-state index < -0.39 is 27.3 Å². The van der Waals surface area contributed by atoms with Gasteiger partial charge < -0.3 is 25.8 Å². The van der Waals surface area contributed by atoms with Crippen molar-refractivity contribution in [2.24, 2.45) is 0 Å². The Hall–Kier alpha value is -7.36. The van der Waals surface area contributed by atoms with Crippen LogP contribution < -0.4 is 9.05 Å². The highest BCUT2D eigenvalue weighted by atomic mass is 31.1. The molecule has 0 atom stereocenters. The average molecular weight is 1040 g/mol. The van der Waals surface area contributed by atoms with Crippen molar-refractivity contribution in [1.82, 2.24) is 0 Å². The normalized spacial score (nSPS) is 12.7. The molecule has 0 saturated heterocycles. The Morgan fingerprint density at radius 2 is 0.566 bits per heavy atom. The van der Waals surface area contributed by atoms with Crippen molar-refractivity contribution in [2.75, 3.05) is 0 Å². The van der Waals surface area contributed by atoms with Gasteiger partial charge in [-0.15, -0.1) is 0 Å². The van der Waals surface area contributed by atoms with E-state index in [9.17, 15) is 0 Å². The van der Waals surface area contributed by atoms with E-state index in [-0.39, 0.29) is 10.8 Å². The molecule has 0 bridgehead atoms. The van der Waals surface area contributed by atoms with Crippen LogP contribution in [-0.2, 0) is 21.7 Å². The van der Waals surface area contributed by atoms with Crippen LogP contribution in [0.15, 0.2) is 187 Å². The van der Waals surface area contributed by atoms with Crippen LogP contribution in [0.4, 0.5) is 0 Å². The van der Waals surface area contributed by atoms with Gasteiger partial charge in [-0.05, 0) is 112 Å². The number of hydrogen-bond acceptors (Lipinski definition) is 6. The molecule has 0 aliphatic rings. The fourth-order valence-corrected chi connectivity index (χ4v) is 12.9. The molecule has 2 heterocycles. The molecule has 76 heavy (non-hydrogen) atoms. The van der Waals surface area contributed by atoms with E-state index in [0.717, 1.165) is 98.0 Å². The summed E-state index contributed by atoms with van der Waals surface area (Å²) in [6.07, 6.45) is 0. The van der Waals surface area contributed by atoms with Crippen LogP contribution in [0.5, 0.6) is 11.5 Å². The Bertz CT molecular complexity index is 3920. The van der Waals surface area contributed by atoms with Crippen molar-refractivity contribution in [1.29, 1.82) is 0 Å². The molecule has 2 aromatic heterocycles. The Morgan fingerprint density at radius 3 is 0.816 bits per heavy atom. The van der Waals surface area contributed by atoms with E-state index in [1.165, 1.54) is 0 Å². The second kappa shape index (κ2) is 18.2. The lowest BCUT2D eigenvalue weighted by atomic mass is 9.75. The SMILES string of the molecule is CC(C)(C)c1cc(-c2cc(C(C)(C)C)cc(C(C)(C)C)c2Op2oc3ccc4ccccc4c3c3c(ccc4ccccc43)o2)c(Op2oc3ccc4ccccc4c3c3c(ccc4ccccc43)o2)c(C(C)(C)C)c1. The summed E-state index contributed by atoms with van der Waals surface area (Å²) in [6, 6.07) is 59.9. The van der Waals surface area contributed by atoms with Crippen molar-refractivity contribution in [3.63, 3.8) is 0 Å². The first-order valence-electron chi connectivity index (χ1n) is 26.3. The average Bonchev–Trinajstić information content (AvgIpc) is 3.66. The third kappa shape index (κ3) is 8.80. The smallest absolute Gasteiger partial charge is 0.390 e. The first-order valence-corrected chi connectivity index (χ1v) is 28.5. The van der Waals surface area contributed by atoms with Gasteiger partial charge in [-0.1, -0.05) is 217 Å². The van der Waals surface area contributed by atoms with E-state index in [2.05, 4.69) is 253 Å². The summed E-state index contributed by atoms with van der Waals surface area (Å²) in [4.78, 5) is 0. The molecular formula is C68H64O6P2. The van der Waals surface area contributed by atoms with Crippen LogP contribution in [0, 0.1) is 0 Å². The highest BCUT2D eigenvalue weighted by Gasteiger charge is 2.34. The molecule has 0 amide bonds. The van der Waals surface area contributed by atoms with Gasteiger partial charge in [0.2, 0.25) is 0 Å². The van der Waals surface area contributed by atoms with Gasteiger partial charge in [0.05, 0.1) is 0 Å². The van der Waals surface area contributed by atoms with Crippen molar-refractivity contribution in [2.45, 2.75) is 105 Å².